The molecule has 4 aliphatic rings. The first-order chi connectivity index (χ1) is 27.0. The number of amides is 4. The minimum absolute atomic E-state index is 0.00878. The highest BCUT2D eigenvalue weighted by Crippen LogP contribution is 2.41. The number of nitriles is 1. The van der Waals surface area contributed by atoms with Gasteiger partial charge in [-0.1, -0.05) is 6.07 Å². The van der Waals surface area contributed by atoms with Gasteiger partial charge in [0.2, 0.25) is 17.7 Å². The minimum Gasteiger partial charge on any atom is -0.378 e. The molecular formula is C41H50F3N7O5S. The zero-order valence-corrected chi connectivity index (χ0v) is 33.5. The molecule has 3 aliphatic heterocycles. The summed E-state index contributed by atoms with van der Waals surface area (Å²) in [5.74, 6) is -0.723. The molecule has 4 amide bonds. The van der Waals surface area contributed by atoms with Gasteiger partial charge in [-0.15, -0.1) is 0 Å². The van der Waals surface area contributed by atoms with Crippen molar-refractivity contribution in [1.29, 1.82) is 5.26 Å². The average Bonchev–Trinajstić information content (AvgIpc) is 3.32. The number of benzene rings is 2. The molecule has 4 atom stereocenters. The van der Waals surface area contributed by atoms with Crippen molar-refractivity contribution >= 4 is 58.0 Å². The van der Waals surface area contributed by atoms with Crippen molar-refractivity contribution in [3.05, 3.63) is 53.6 Å². The van der Waals surface area contributed by atoms with Crippen LogP contribution in [0.2, 0.25) is 0 Å². The number of carbonyl (C=O) groups is 4. The van der Waals surface area contributed by atoms with Crippen LogP contribution in [0.4, 0.5) is 30.2 Å². The van der Waals surface area contributed by atoms with Crippen LogP contribution in [0.1, 0.15) is 96.6 Å². The van der Waals surface area contributed by atoms with Gasteiger partial charge < -0.3 is 20.3 Å². The van der Waals surface area contributed by atoms with E-state index in [9.17, 15) is 37.6 Å². The van der Waals surface area contributed by atoms with Crippen LogP contribution < -0.4 is 20.9 Å². The molecule has 4 fully saturated rings. The number of nitrogens with one attached hydrogen (secondary N) is 3. The number of hydrogen-bond acceptors (Lipinski definition) is 9. The van der Waals surface area contributed by atoms with Gasteiger partial charge in [0.05, 0.1) is 35.5 Å². The third-order valence-electron chi connectivity index (χ3n) is 11.8. The molecule has 0 bridgehead atoms. The largest absolute Gasteiger partial charge is 0.417 e. The highest BCUT2D eigenvalue weighted by molar-refractivity contribution is 7.80. The Morgan fingerprint density at radius 3 is 2.35 bits per heavy atom. The third kappa shape index (κ3) is 9.42. The molecule has 16 heteroatoms. The summed E-state index contributed by atoms with van der Waals surface area (Å²) in [6.45, 7) is 8.64. The van der Waals surface area contributed by atoms with Crippen molar-refractivity contribution in [2.24, 2.45) is 5.92 Å². The quantitative estimate of drug-likeness (QED) is 0.173. The van der Waals surface area contributed by atoms with E-state index in [2.05, 4.69) is 34.7 Å². The lowest BCUT2D eigenvalue weighted by Crippen LogP contribution is -2.51. The first kappa shape index (κ1) is 42.0. The highest BCUT2D eigenvalue weighted by atomic mass is 32.1. The molecule has 2 aromatic carbocycles. The van der Waals surface area contributed by atoms with Gasteiger partial charge >= 0.3 is 6.18 Å². The summed E-state index contributed by atoms with van der Waals surface area (Å²) in [5, 5.41) is 17.9. The smallest absolute Gasteiger partial charge is 0.378 e. The topological polar surface area (TPSA) is 147 Å². The van der Waals surface area contributed by atoms with Crippen LogP contribution in [0.5, 0.6) is 0 Å². The van der Waals surface area contributed by atoms with Crippen LogP contribution in [-0.2, 0) is 30.1 Å². The van der Waals surface area contributed by atoms with Crippen molar-refractivity contribution in [2.75, 3.05) is 28.7 Å². The van der Waals surface area contributed by atoms with E-state index in [1.807, 2.05) is 11.0 Å². The number of rotatable bonds is 11. The molecule has 306 valence electrons. The van der Waals surface area contributed by atoms with Crippen LogP contribution in [0.25, 0.3) is 0 Å². The van der Waals surface area contributed by atoms with E-state index >= 15 is 0 Å². The van der Waals surface area contributed by atoms with E-state index < -0.39 is 34.8 Å². The third-order valence-corrected chi connectivity index (χ3v) is 12.2. The monoisotopic (exact) mass is 809 g/mol. The van der Waals surface area contributed by atoms with Crippen molar-refractivity contribution < 1.29 is 37.1 Å². The van der Waals surface area contributed by atoms with Crippen molar-refractivity contribution in [3.63, 3.8) is 0 Å². The molecule has 2 aromatic rings. The predicted molar refractivity (Wildman–Crippen MR) is 212 cm³/mol. The van der Waals surface area contributed by atoms with Crippen molar-refractivity contribution in [1.82, 2.24) is 15.1 Å². The number of likely N-dealkylation sites (tertiary alicyclic amines) is 1. The Labute approximate surface area is 336 Å². The van der Waals surface area contributed by atoms with Crippen LogP contribution >= 0.6 is 12.2 Å². The number of ether oxygens (including phenoxy) is 1. The maximum Gasteiger partial charge on any atom is 0.417 e. The van der Waals surface area contributed by atoms with Crippen LogP contribution in [-0.4, -0.2) is 87.5 Å². The number of nitrogens with zero attached hydrogens (tertiary/aromatic N) is 4. The minimum atomic E-state index is -4.76. The summed E-state index contributed by atoms with van der Waals surface area (Å²) in [7, 11) is 0. The van der Waals surface area contributed by atoms with Gasteiger partial charge in [0.15, 0.2) is 5.11 Å². The molecule has 0 spiro atoms. The van der Waals surface area contributed by atoms with Crippen molar-refractivity contribution in [3.8, 4) is 6.07 Å². The van der Waals surface area contributed by atoms with Gasteiger partial charge in [0.25, 0.3) is 5.91 Å². The number of thiocarbonyl (C=S) groups is 1. The second kappa shape index (κ2) is 17.1. The summed E-state index contributed by atoms with van der Waals surface area (Å²) in [4.78, 5) is 55.7. The molecule has 2 unspecified atom stereocenters. The summed E-state index contributed by atoms with van der Waals surface area (Å²) < 4.78 is 47.6. The molecule has 6 rings (SSSR count). The van der Waals surface area contributed by atoms with Gasteiger partial charge in [-0.05, 0) is 134 Å². The van der Waals surface area contributed by atoms with Gasteiger partial charge in [-0.25, -0.2) is 0 Å². The van der Waals surface area contributed by atoms with Gasteiger partial charge in [0, 0.05) is 42.5 Å². The van der Waals surface area contributed by atoms with E-state index in [-0.39, 0.29) is 65.7 Å². The van der Waals surface area contributed by atoms with E-state index in [0.717, 1.165) is 49.1 Å². The lowest BCUT2D eigenvalue weighted by molar-refractivity contribution is -0.138. The fraction of sp³-hybridized carbons (Fsp3) is 0.561. The standard InChI is InChI=1S/C41H50F3N7O5S/c1-24-18-26(19-25(2)49(24)23-36(53)47-29-7-5-6-28(20-29)46-34-14-15-35(52)48-37(34)54)16-17-56-32-12-10-30(11-13-32)51-39(57)50(38(55)40(51,3)4)31-9-8-27(22-45)33(21-31)41(42,43)44/h5-9,20-21,24-26,30,32,34,46H,10-19,23H2,1-4H3,(H,47,53)(H,48,52,54)/t24-,25+,26?,30?,32?,34?. The molecular weight excluding hydrogens is 760 g/mol. The molecule has 0 aromatic heterocycles. The Kier molecular flexibility index (Phi) is 12.6. The van der Waals surface area contributed by atoms with E-state index in [0.29, 0.717) is 43.2 Å². The zero-order chi connectivity index (χ0) is 41.2. The first-order valence-corrected chi connectivity index (χ1v) is 20.0. The number of halogens is 3. The first-order valence-electron chi connectivity index (χ1n) is 19.6. The number of hydrogen-bond donors (Lipinski definition) is 3. The summed E-state index contributed by atoms with van der Waals surface area (Å²) >= 11 is 5.74. The van der Waals surface area contributed by atoms with Crippen molar-refractivity contribution in [2.45, 2.75) is 127 Å². The summed E-state index contributed by atoms with van der Waals surface area (Å²) in [6, 6.07) is 11.8. The average molecular weight is 810 g/mol. The van der Waals surface area contributed by atoms with E-state index in [4.69, 9.17) is 17.0 Å². The Morgan fingerprint density at radius 2 is 1.70 bits per heavy atom. The normalized spacial score (nSPS) is 26.9. The lowest BCUT2D eigenvalue weighted by Gasteiger charge is -2.42. The Balaban J connectivity index is 0.943. The Bertz CT molecular complexity index is 1920. The molecule has 3 heterocycles. The predicted octanol–water partition coefficient (Wildman–Crippen LogP) is 6.35. The van der Waals surface area contributed by atoms with E-state index in [1.54, 1.807) is 38.1 Å². The van der Waals surface area contributed by atoms with Crippen LogP contribution in [0, 0.1) is 17.2 Å². The highest BCUT2D eigenvalue weighted by Gasteiger charge is 2.52. The maximum absolute atomic E-state index is 13.7. The maximum atomic E-state index is 13.7. The van der Waals surface area contributed by atoms with Crippen LogP contribution in [0.3, 0.4) is 0 Å². The fourth-order valence-electron chi connectivity index (χ4n) is 8.92. The Hall–Kier alpha value is -4.59. The van der Waals surface area contributed by atoms with Gasteiger partial charge in [0.1, 0.15) is 11.6 Å². The number of alkyl halides is 3. The van der Waals surface area contributed by atoms with Crippen LogP contribution in [0.15, 0.2) is 42.5 Å². The Morgan fingerprint density at radius 1 is 1.02 bits per heavy atom. The SMILES string of the molecule is C[C@@H]1CC(CCOC2CCC(N3C(=S)N(c4ccc(C#N)c(C(F)(F)F)c4)C(=O)C3(C)C)CC2)C[C@H](C)N1CC(=O)Nc1cccc(NC2CCC(=O)NC2=O)c1. The molecule has 0 radical (unpaired) electrons. The van der Waals surface area contributed by atoms with Gasteiger partial charge in [-0.2, -0.15) is 18.4 Å². The summed E-state index contributed by atoms with van der Waals surface area (Å²) in [6.07, 6.45) is 1.70. The molecule has 1 aliphatic carbocycles. The second-order valence-electron chi connectivity index (χ2n) is 16.3. The zero-order valence-electron chi connectivity index (χ0n) is 32.7. The fourth-order valence-corrected chi connectivity index (χ4v) is 9.49. The number of imide groups is 1. The molecule has 1 saturated carbocycles. The number of carbonyl (C=O) groups excluding carboxylic acids is 4. The molecule has 3 saturated heterocycles. The molecule has 57 heavy (non-hydrogen) atoms. The molecule has 3 N–H and O–H groups in total. The summed E-state index contributed by atoms with van der Waals surface area (Å²) in [5.41, 5.74) is -1.40. The lowest BCUT2D eigenvalue weighted by atomic mass is 9.85. The number of anilines is 3. The molecule has 12 nitrogen and oxygen atoms in total. The second-order valence-corrected chi connectivity index (χ2v) is 16.6. The number of piperidine rings is 2. The van der Waals surface area contributed by atoms with Gasteiger partial charge in [-0.3, -0.25) is 34.3 Å². The van der Waals surface area contributed by atoms with E-state index in [1.165, 1.54) is 6.07 Å².